The first-order chi connectivity index (χ1) is 6.13. The van der Waals surface area contributed by atoms with Gasteiger partial charge in [-0.25, -0.2) is 8.42 Å². The van der Waals surface area contributed by atoms with Crippen molar-refractivity contribution in [2.45, 2.75) is 20.8 Å². The largest absolute Gasteiger partial charge is 0.465 e. The number of carbonyl (C=O) groups excluding carboxylic acids is 1. The van der Waals surface area contributed by atoms with Crippen LogP contribution in [0, 0.1) is 11.8 Å². The Bertz CT molecular complexity index is 284. The maximum Gasteiger partial charge on any atom is 0.311 e. The van der Waals surface area contributed by atoms with Gasteiger partial charge in [0.2, 0.25) is 0 Å². The first kappa shape index (κ1) is 13.4. The number of rotatable bonds is 4. The van der Waals surface area contributed by atoms with Crippen molar-refractivity contribution < 1.29 is 17.9 Å². The van der Waals surface area contributed by atoms with E-state index in [0.717, 1.165) is 6.26 Å². The van der Waals surface area contributed by atoms with Crippen LogP contribution in [-0.2, 0) is 19.4 Å². The minimum absolute atomic E-state index is 0.0448. The molecule has 0 amide bonds. The molecule has 0 aliphatic heterocycles. The standard InChI is InChI=1S/C9H17O4S/c1-9(2,3)8(10)13-6-5-7-14(4,11)12/h5H,6-7H2,1-4H3. The Hall–Kier alpha value is -0.580. The van der Waals surface area contributed by atoms with Crippen molar-refractivity contribution in [1.82, 2.24) is 0 Å². The zero-order chi connectivity index (χ0) is 11.4. The first-order valence-corrected chi connectivity index (χ1v) is 6.35. The summed E-state index contributed by atoms with van der Waals surface area (Å²) in [5.41, 5.74) is -0.543. The summed E-state index contributed by atoms with van der Waals surface area (Å²) in [6.45, 7) is 5.27. The van der Waals surface area contributed by atoms with Crippen LogP contribution in [0.25, 0.3) is 0 Å². The van der Waals surface area contributed by atoms with Gasteiger partial charge in [-0.3, -0.25) is 4.79 Å². The van der Waals surface area contributed by atoms with Crippen LogP contribution in [0.15, 0.2) is 0 Å². The molecule has 0 unspecified atom stereocenters. The molecule has 0 saturated carbocycles. The summed E-state index contributed by atoms with van der Waals surface area (Å²) in [6.07, 6.45) is 2.56. The van der Waals surface area contributed by atoms with Crippen molar-refractivity contribution in [3.63, 3.8) is 0 Å². The molecule has 1 radical (unpaired) electrons. The Morgan fingerprint density at radius 3 is 2.21 bits per heavy atom. The van der Waals surface area contributed by atoms with E-state index in [9.17, 15) is 13.2 Å². The van der Waals surface area contributed by atoms with Crippen LogP contribution >= 0.6 is 0 Å². The minimum atomic E-state index is -3.00. The molecule has 0 bridgehead atoms. The van der Waals surface area contributed by atoms with Crippen LogP contribution in [0.3, 0.4) is 0 Å². The zero-order valence-corrected chi connectivity index (χ0v) is 9.85. The van der Waals surface area contributed by atoms with Gasteiger partial charge in [-0.05, 0) is 20.8 Å². The highest BCUT2D eigenvalue weighted by Gasteiger charge is 2.22. The third-order valence-corrected chi connectivity index (χ3v) is 2.21. The van der Waals surface area contributed by atoms with Crippen LogP contribution in [-0.4, -0.2) is 33.0 Å². The summed E-state index contributed by atoms with van der Waals surface area (Å²) >= 11 is 0. The molecule has 0 aliphatic carbocycles. The lowest BCUT2D eigenvalue weighted by Crippen LogP contribution is -2.24. The molecule has 0 heterocycles. The van der Waals surface area contributed by atoms with Crippen LogP contribution in [0.5, 0.6) is 0 Å². The molecule has 0 fully saturated rings. The van der Waals surface area contributed by atoms with Gasteiger partial charge in [0.15, 0.2) is 0 Å². The SMILES string of the molecule is CC(C)(C)C(=O)OC[CH]CS(C)(=O)=O. The summed E-state index contributed by atoms with van der Waals surface area (Å²) in [4.78, 5) is 11.2. The van der Waals surface area contributed by atoms with E-state index in [4.69, 9.17) is 4.74 Å². The lowest BCUT2D eigenvalue weighted by molar-refractivity contribution is -0.151. The Morgan fingerprint density at radius 2 is 1.86 bits per heavy atom. The van der Waals surface area contributed by atoms with Crippen LogP contribution < -0.4 is 0 Å². The van der Waals surface area contributed by atoms with Crippen molar-refractivity contribution in [1.29, 1.82) is 0 Å². The quantitative estimate of drug-likeness (QED) is 0.521. The predicted octanol–water partition coefficient (Wildman–Crippen LogP) is 0.825. The maximum atomic E-state index is 11.2. The molecule has 0 rings (SSSR count). The molecule has 0 aromatic rings. The summed E-state index contributed by atoms with van der Waals surface area (Å²) in [5.74, 6) is -0.396. The van der Waals surface area contributed by atoms with Crippen LogP contribution in [0.2, 0.25) is 0 Å². The van der Waals surface area contributed by atoms with Crippen LogP contribution in [0.1, 0.15) is 20.8 Å². The van der Waals surface area contributed by atoms with Gasteiger partial charge in [0.25, 0.3) is 0 Å². The molecule has 0 atom stereocenters. The Balaban J connectivity index is 3.72. The van der Waals surface area contributed by atoms with Crippen LogP contribution in [0.4, 0.5) is 0 Å². The van der Waals surface area contributed by atoms with E-state index in [2.05, 4.69) is 0 Å². The highest BCUT2D eigenvalue weighted by atomic mass is 32.2. The molecular formula is C9H17O4S. The summed E-state index contributed by atoms with van der Waals surface area (Å²) in [6, 6.07) is 0. The topological polar surface area (TPSA) is 60.4 Å². The molecular weight excluding hydrogens is 204 g/mol. The molecule has 4 nitrogen and oxygen atoms in total. The first-order valence-electron chi connectivity index (χ1n) is 4.29. The lowest BCUT2D eigenvalue weighted by atomic mass is 9.97. The van der Waals surface area contributed by atoms with Gasteiger partial charge in [-0.1, -0.05) is 0 Å². The number of hydrogen-bond acceptors (Lipinski definition) is 4. The fraction of sp³-hybridized carbons (Fsp3) is 0.778. The van der Waals surface area contributed by atoms with Crippen molar-refractivity contribution >= 4 is 15.8 Å². The van der Waals surface area contributed by atoms with Gasteiger partial charge >= 0.3 is 5.97 Å². The third kappa shape index (κ3) is 6.88. The van der Waals surface area contributed by atoms with E-state index in [0.29, 0.717) is 0 Å². The summed E-state index contributed by atoms with van der Waals surface area (Å²) in [7, 11) is -3.00. The number of esters is 1. The van der Waals surface area contributed by atoms with Gasteiger partial charge in [0.05, 0.1) is 17.8 Å². The van der Waals surface area contributed by atoms with Crippen molar-refractivity contribution in [2.24, 2.45) is 5.41 Å². The molecule has 0 N–H and O–H groups in total. The molecule has 0 saturated heterocycles. The average Bonchev–Trinajstić information content (AvgIpc) is 1.93. The second-order valence-corrected chi connectivity index (χ2v) is 6.41. The molecule has 0 aromatic carbocycles. The maximum absolute atomic E-state index is 11.2. The number of hydrogen-bond donors (Lipinski definition) is 0. The van der Waals surface area contributed by atoms with Crippen molar-refractivity contribution in [2.75, 3.05) is 18.6 Å². The van der Waals surface area contributed by atoms with Gasteiger partial charge in [-0.2, -0.15) is 0 Å². The van der Waals surface area contributed by atoms with E-state index in [1.165, 1.54) is 6.42 Å². The number of ether oxygens (including phenoxy) is 1. The normalized spacial score (nSPS) is 12.6. The second-order valence-electron chi connectivity index (χ2n) is 4.23. The average molecular weight is 221 g/mol. The van der Waals surface area contributed by atoms with Gasteiger partial charge < -0.3 is 4.74 Å². The van der Waals surface area contributed by atoms with E-state index >= 15 is 0 Å². The Morgan fingerprint density at radius 1 is 1.36 bits per heavy atom. The number of carbonyl (C=O) groups is 1. The smallest absolute Gasteiger partial charge is 0.311 e. The molecule has 0 spiro atoms. The minimum Gasteiger partial charge on any atom is -0.465 e. The second kappa shape index (κ2) is 4.77. The molecule has 83 valence electrons. The predicted molar refractivity (Wildman–Crippen MR) is 54.4 cm³/mol. The molecule has 0 aliphatic rings. The third-order valence-electron chi connectivity index (χ3n) is 1.37. The fourth-order valence-electron chi connectivity index (χ4n) is 0.613. The molecule has 5 heteroatoms. The van der Waals surface area contributed by atoms with Gasteiger partial charge in [-0.15, -0.1) is 0 Å². The zero-order valence-electron chi connectivity index (χ0n) is 9.03. The summed E-state index contributed by atoms with van der Waals surface area (Å²) < 4.78 is 26.2. The van der Waals surface area contributed by atoms with Crippen molar-refractivity contribution in [3.8, 4) is 0 Å². The molecule has 0 aromatic heterocycles. The van der Waals surface area contributed by atoms with E-state index < -0.39 is 15.3 Å². The fourth-order valence-corrected chi connectivity index (χ4v) is 1.14. The van der Waals surface area contributed by atoms with Gasteiger partial charge in [0.1, 0.15) is 9.84 Å². The number of sulfone groups is 1. The Labute approximate surface area is 85.6 Å². The van der Waals surface area contributed by atoms with Gasteiger partial charge in [0, 0.05) is 12.7 Å². The summed E-state index contributed by atoms with van der Waals surface area (Å²) in [5, 5.41) is 0. The monoisotopic (exact) mass is 221 g/mol. The lowest BCUT2D eigenvalue weighted by Gasteiger charge is -2.16. The highest BCUT2D eigenvalue weighted by molar-refractivity contribution is 7.90. The van der Waals surface area contributed by atoms with E-state index in [-0.39, 0.29) is 18.3 Å². The van der Waals surface area contributed by atoms with E-state index in [1.54, 1.807) is 20.8 Å². The highest BCUT2D eigenvalue weighted by Crippen LogP contribution is 2.14. The van der Waals surface area contributed by atoms with Crippen molar-refractivity contribution in [3.05, 3.63) is 6.42 Å². The van der Waals surface area contributed by atoms with E-state index in [1.807, 2.05) is 0 Å². The Kier molecular flexibility index (Phi) is 4.58. The molecule has 14 heavy (non-hydrogen) atoms.